The molecular formula is C84H127NO32. The second kappa shape index (κ2) is 36.5. The summed E-state index contributed by atoms with van der Waals surface area (Å²) in [6.07, 6.45) is -38.6. The van der Waals surface area contributed by atoms with E-state index in [0.717, 1.165) is 55.6 Å². The fourth-order valence-electron chi connectivity index (χ4n) is 21.6. The van der Waals surface area contributed by atoms with E-state index in [2.05, 4.69) is 58.1 Å². The number of benzene rings is 2. The molecule has 2 aromatic carbocycles. The fraction of sp³-hybridized carbons (Fsp3) is 0.810. The number of unbranched alkanes of at least 4 members (excludes halogenated alkanes) is 5. The molecule has 33 heteroatoms. The number of rotatable bonds is 26. The molecule has 17 N–H and O–H groups in total. The number of carbonyl (C=O) groups is 2. The van der Waals surface area contributed by atoms with Gasteiger partial charge in [-0.1, -0.05) is 102 Å². The van der Waals surface area contributed by atoms with Crippen LogP contribution in [0.3, 0.4) is 0 Å². The fourth-order valence-corrected chi connectivity index (χ4v) is 21.6. The van der Waals surface area contributed by atoms with E-state index >= 15 is 4.79 Å². The van der Waals surface area contributed by atoms with Gasteiger partial charge in [-0.3, -0.25) is 9.59 Å². The third kappa shape index (κ3) is 17.5. The molecule has 15 unspecified atom stereocenters. The van der Waals surface area contributed by atoms with Crippen molar-refractivity contribution in [3.8, 4) is 11.5 Å². The van der Waals surface area contributed by atoms with Crippen molar-refractivity contribution in [1.82, 2.24) is 5.32 Å². The van der Waals surface area contributed by atoms with Crippen molar-refractivity contribution < 1.29 is 158 Å². The van der Waals surface area contributed by atoms with Gasteiger partial charge >= 0.3 is 5.97 Å². The van der Waals surface area contributed by atoms with E-state index in [1.54, 1.807) is 7.11 Å². The number of methoxy groups -OCH3 is 1. The van der Waals surface area contributed by atoms with Crippen LogP contribution in [-0.2, 0) is 77.6 Å². The molecule has 33 nitrogen and oxygen atoms in total. The molecule has 0 spiro atoms. The Morgan fingerprint density at radius 2 is 1.09 bits per heavy atom. The maximum atomic E-state index is 15.8. The lowest BCUT2D eigenvalue weighted by molar-refractivity contribution is -0.394. The van der Waals surface area contributed by atoms with Crippen molar-refractivity contribution in [1.29, 1.82) is 0 Å². The minimum atomic E-state index is -2.02. The average Bonchev–Trinajstić information content (AvgIpc) is 0.669. The topological polar surface area (TPSA) is 499 Å². The van der Waals surface area contributed by atoms with Crippen LogP contribution in [0, 0.1) is 44.8 Å². The summed E-state index contributed by atoms with van der Waals surface area (Å²) in [4.78, 5) is 30.6. The van der Waals surface area contributed by atoms with Crippen molar-refractivity contribution in [2.24, 2.45) is 44.8 Å². The van der Waals surface area contributed by atoms with E-state index in [1.165, 1.54) is 19.4 Å². The lowest BCUT2D eigenvalue weighted by atomic mass is 9.34. The Morgan fingerprint density at radius 3 is 1.75 bits per heavy atom. The van der Waals surface area contributed by atoms with E-state index in [4.69, 9.17) is 66.3 Å². The summed E-state index contributed by atoms with van der Waals surface area (Å²) in [5.74, 6) is -1.15. The molecule has 4 saturated carbocycles. The molecule has 0 aromatic heterocycles. The SMILES string of the molecule is CO[C@@]1(C)[C@@H](O[C@@H]2OC(C(=O)NCCCCCCCCc3ccc(Oc4ccccc4)cc3)[C@@H](O)[C@H](O[C@@H]3OC[C@@H](O)[C@H](O)C3O)C2O[C@@H]2OC(CO)[C@H](O)[C@H](O)C2O)CCC2(C)C3CC=C4C5CC(C)(C)CC[C@]5(C(=O)O[C@@H]5OC(C)[C@H](O)[C@H](O)C5O[C@@H]5OC(C)[C@H](O[C@@H]6OC[C@@H](O)[C@H](O)C6O)[C@H](O)C5O)C(O)C[C@@]4(C)C3(C)CC[C@H]21. The van der Waals surface area contributed by atoms with E-state index in [9.17, 15) is 86.5 Å². The number of para-hydroxylation sites is 1. The Kier molecular flexibility index (Phi) is 28.3. The maximum Gasteiger partial charge on any atom is 0.317 e. The normalized spacial score (nSPS) is 47.2. The van der Waals surface area contributed by atoms with Gasteiger partial charge in [0.2, 0.25) is 6.29 Å². The van der Waals surface area contributed by atoms with Gasteiger partial charge in [0, 0.05) is 13.7 Å². The number of esters is 1. The van der Waals surface area contributed by atoms with Gasteiger partial charge in [0.25, 0.3) is 5.91 Å². The first-order valence-corrected chi connectivity index (χ1v) is 42.0. The van der Waals surface area contributed by atoms with Crippen LogP contribution in [0.5, 0.6) is 11.5 Å². The molecule has 13 rings (SSSR count). The van der Waals surface area contributed by atoms with Gasteiger partial charge in [-0.2, -0.15) is 0 Å². The molecule has 1 amide bonds. The largest absolute Gasteiger partial charge is 0.457 e. The van der Waals surface area contributed by atoms with Crippen LogP contribution in [0.25, 0.3) is 0 Å². The van der Waals surface area contributed by atoms with Crippen LogP contribution < -0.4 is 10.1 Å². The van der Waals surface area contributed by atoms with E-state index in [0.29, 0.717) is 44.9 Å². The van der Waals surface area contributed by atoms with Gasteiger partial charge in [0.1, 0.15) is 127 Å². The Labute approximate surface area is 681 Å². The number of carbonyl (C=O) groups excluding carboxylic acids is 2. The van der Waals surface area contributed by atoms with Gasteiger partial charge in [-0.15, -0.1) is 0 Å². The number of aryl methyl sites for hydroxylation is 1. The molecule has 117 heavy (non-hydrogen) atoms. The molecule has 6 saturated heterocycles. The molecule has 38 atom stereocenters. The van der Waals surface area contributed by atoms with E-state index in [-0.39, 0.29) is 43.1 Å². The van der Waals surface area contributed by atoms with Crippen molar-refractivity contribution in [3.63, 3.8) is 0 Å². The second-order valence-electron chi connectivity index (χ2n) is 36.6. The number of amides is 1. The minimum Gasteiger partial charge on any atom is -0.457 e. The number of fused-ring (bicyclic) bond motifs is 7. The number of hydrogen-bond donors (Lipinski definition) is 17. The minimum absolute atomic E-state index is 0.115. The summed E-state index contributed by atoms with van der Waals surface area (Å²) >= 11 is 0. The van der Waals surface area contributed by atoms with Crippen LogP contribution in [0.2, 0.25) is 0 Å². The summed E-state index contributed by atoms with van der Waals surface area (Å²) < 4.78 is 87.1. The summed E-state index contributed by atoms with van der Waals surface area (Å²) in [5, 5.41) is 183. The van der Waals surface area contributed by atoms with Crippen LogP contribution in [0.1, 0.15) is 157 Å². The number of aliphatic hydroxyl groups excluding tert-OH is 16. The van der Waals surface area contributed by atoms with Gasteiger partial charge in [0.05, 0.1) is 49.8 Å². The Bertz CT molecular complexity index is 3640. The Hall–Kier alpha value is -4.20. The molecule has 10 fully saturated rings. The monoisotopic (exact) mass is 1660 g/mol. The maximum absolute atomic E-state index is 15.8. The smallest absolute Gasteiger partial charge is 0.317 e. The summed E-state index contributed by atoms with van der Waals surface area (Å²) in [6, 6.07) is 17.6. The molecule has 11 aliphatic rings. The van der Waals surface area contributed by atoms with Crippen molar-refractivity contribution in [3.05, 3.63) is 71.8 Å². The van der Waals surface area contributed by atoms with E-state index in [1.807, 2.05) is 49.4 Å². The van der Waals surface area contributed by atoms with Gasteiger partial charge in [-0.05, 0) is 167 Å². The highest BCUT2D eigenvalue weighted by atomic mass is 16.8. The summed E-state index contributed by atoms with van der Waals surface area (Å²) in [5.41, 5.74) is -2.90. The Balaban J connectivity index is 0.727. The molecule has 6 aliphatic heterocycles. The third-order valence-corrected chi connectivity index (χ3v) is 28.9. The first kappa shape index (κ1) is 90.5. The average molecular weight is 1660 g/mol. The quantitative estimate of drug-likeness (QED) is 0.0268. The molecule has 0 bridgehead atoms. The molecule has 0 radical (unpaired) electrons. The lowest BCUT2D eigenvalue weighted by Crippen LogP contribution is -2.71. The van der Waals surface area contributed by atoms with Crippen molar-refractivity contribution in [2.45, 2.75) is 348 Å². The number of allylic oxidation sites excluding steroid dienone is 2. The zero-order chi connectivity index (χ0) is 84.3. The third-order valence-electron chi connectivity index (χ3n) is 28.9. The Morgan fingerprint density at radius 1 is 0.513 bits per heavy atom. The van der Waals surface area contributed by atoms with Crippen molar-refractivity contribution in [2.75, 3.05) is 33.5 Å². The first-order chi connectivity index (χ1) is 55.4. The predicted octanol–water partition coefficient (Wildman–Crippen LogP) is 0.796. The van der Waals surface area contributed by atoms with Gasteiger partial charge in [0.15, 0.2) is 43.7 Å². The van der Waals surface area contributed by atoms with Crippen molar-refractivity contribution >= 4 is 11.9 Å². The number of ether oxygens (including phenoxy) is 14. The molecule has 6 heterocycles. The van der Waals surface area contributed by atoms with E-state index < -0.39 is 249 Å². The standard InChI is InChI=1S/C84H127NO32/c1-40-54(90)59(95)69(115-74-64(100)60(96)66(41(2)108-74)112-72-61(97)55(91)47(87)38-105-72)76(107-40)117-78(103)84-33-32-79(3,4)35-46(84)45-26-27-50-80(5)30-29-53(83(8,104-9)51(80)28-31-81(50,6)82(45,7)36-52(84)89)111-77-70(116-75-63(99)58(94)57(93)49(37-86)110-75)67(113-73-62(98)56(92)48(88)39-106-73)65(101)68(114-77)71(102)85-34-18-13-11-10-12-15-19-42-22-24-44(25-23-42)109-43-20-16-14-17-21-43/h14,16-17,20-26,40-41,46-70,72-77,86-101H,10-13,15,18-19,27-39H2,1-9H3,(H,85,102)/t40?,41?,46?,47-,48-,49?,50?,51-,52?,53+,54+,55+,56+,57+,58+,59+,60-,61?,62?,63?,64?,65+,66+,67+,68?,69?,70?,72+,73+,74+,75+,76+,77-,80?,81?,82-,83-,84-/m1/s1. The molecule has 5 aliphatic carbocycles. The zero-order valence-electron chi connectivity index (χ0n) is 68.2. The molecule has 2 aromatic rings. The van der Waals surface area contributed by atoms with Gasteiger partial charge < -0.3 is 153 Å². The number of nitrogens with one attached hydrogen (secondary N) is 1. The second-order valence-corrected chi connectivity index (χ2v) is 36.6. The highest BCUT2D eigenvalue weighted by Gasteiger charge is 2.73. The predicted molar refractivity (Wildman–Crippen MR) is 407 cm³/mol. The molecule has 660 valence electrons. The lowest BCUT2D eigenvalue weighted by Gasteiger charge is -2.71. The highest BCUT2D eigenvalue weighted by molar-refractivity contribution is 5.82. The van der Waals surface area contributed by atoms with Crippen LogP contribution in [0.15, 0.2) is 66.2 Å². The summed E-state index contributed by atoms with van der Waals surface area (Å²) in [6.45, 7) is 14.1. The zero-order valence-corrected chi connectivity index (χ0v) is 68.2. The molecular weight excluding hydrogens is 1530 g/mol. The van der Waals surface area contributed by atoms with Crippen LogP contribution >= 0.6 is 0 Å². The number of aliphatic hydroxyl groups is 16. The van der Waals surface area contributed by atoms with Gasteiger partial charge in [-0.25, -0.2) is 0 Å². The highest BCUT2D eigenvalue weighted by Crippen LogP contribution is 2.76. The van der Waals surface area contributed by atoms with Crippen LogP contribution in [-0.4, -0.2) is 317 Å². The van der Waals surface area contributed by atoms with Crippen LogP contribution in [0.4, 0.5) is 0 Å². The number of hydrogen-bond acceptors (Lipinski definition) is 32. The first-order valence-electron chi connectivity index (χ1n) is 42.0. The summed E-state index contributed by atoms with van der Waals surface area (Å²) in [7, 11) is 1.57.